The van der Waals surface area contributed by atoms with Crippen molar-refractivity contribution in [2.75, 3.05) is 39.3 Å². The zero-order valence-corrected chi connectivity index (χ0v) is 20.2. The van der Waals surface area contributed by atoms with Gasteiger partial charge in [-0.15, -0.1) is 0 Å². The van der Waals surface area contributed by atoms with Crippen molar-refractivity contribution in [3.05, 3.63) is 64.7 Å². The van der Waals surface area contributed by atoms with E-state index >= 15 is 0 Å². The number of carbonyl (C=O) groups excluding carboxylic acids is 1. The lowest BCUT2D eigenvalue weighted by Gasteiger charge is -2.41. The number of carboxylic acids is 1. The van der Waals surface area contributed by atoms with Crippen molar-refractivity contribution in [2.24, 2.45) is 0 Å². The minimum atomic E-state index is -0.801. The molecule has 7 heteroatoms. The molecule has 1 aliphatic heterocycles. The summed E-state index contributed by atoms with van der Waals surface area (Å²) in [5.41, 5.74) is 0.432. The van der Waals surface area contributed by atoms with Gasteiger partial charge in [0.2, 0.25) is 0 Å². The molecule has 33 heavy (non-hydrogen) atoms. The summed E-state index contributed by atoms with van der Waals surface area (Å²) in [5, 5.41) is 9.98. The van der Waals surface area contributed by atoms with Crippen molar-refractivity contribution in [3.8, 4) is 5.75 Å². The third-order valence-corrected chi connectivity index (χ3v) is 6.55. The van der Waals surface area contributed by atoms with E-state index in [-0.39, 0.29) is 5.78 Å². The van der Waals surface area contributed by atoms with Gasteiger partial charge in [-0.05, 0) is 88.2 Å². The minimum Gasteiger partial charge on any atom is -0.494 e. The molecular weight excluding hydrogens is 440 g/mol. The van der Waals surface area contributed by atoms with Crippen LogP contribution in [0.25, 0.3) is 0 Å². The Labute approximate surface area is 201 Å². The van der Waals surface area contributed by atoms with Crippen LogP contribution in [-0.2, 0) is 4.79 Å². The van der Waals surface area contributed by atoms with Gasteiger partial charge in [0, 0.05) is 42.3 Å². The number of carbonyl (C=O) groups is 2. The molecule has 0 aliphatic carbocycles. The first-order valence-corrected chi connectivity index (χ1v) is 11.9. The zero-order valence-electron chi connectivity index (χ0n) is 19.4. The maximum atomic E-state index is 12.5. The van der Waals surface area contributed by atoms with Crippen molar-refractivity contribution in [1.82, 2.24) is 9.80 Å². The normalized spacial score (nSPS) is 15.4. The highest BCUT2D eigenvalue weighted by atomic mass is 35.5. The molecule has 3 rings (SSSR count). The number of rotatable bonds is 11. The fourth-order valence-corrected chi connectivity index (χ4v) is 4.07. The van der Waals surface area contributed by atoms with Gasteiger partial charge in [-0.1, -0.05) is 11.6 Å². The second kappa shape index (κ2) is 11.6. The first-order chi connectivity index (χ1) is 15.8. The van der Waals surface area contributed by atoms with E-state index in [0.717, 1.165) is 57.7 Å². The van der Waals surface area contributed by atoms with Crippen LogP contribution in [0.1, 0.15) is 49.0 Å². The monoisotopic (exact) mass is 472 g/mol. The second-order valence-corrected chi connectivity index (χ2v) is 9.40. The highest BCUT2D eigenvalue weighted by Crippen LogP contribution is 2.19. The number of ketones is 1. The van der Waals surface area contributed by atoms with Crippen molar-refractivity contribution in [2.45, 2.75) is 38.6 Å². The van der Waals surface area contributed by atoms with Gasteiger partial charge in [-0.2, -0.15) is 0 Å². The van der Waals surface area contributed by atoms with Crippen LogP contribution < -0.4 is 4.74 Å². The molecule has 0 radical (unpaired) electrons. The molecule has 0 amide bonds. The Morgan fingerprint density at radius 1 is 0.909 bits per heavy atom. The molecule has 178 valence electrons. The lowest BCUT2D eigenvalue weighted by Crippen LogP contribution is -2.57. The van der Waals surface area contributed by atoms with Gasteiger partial charge in [-0.25, -0.2) is 0 Å². The van der Waals surface area contributed by atoms with Crippen LogP contribution >= 0.6 is 11.6 Å². The lowest BCUT2D eigenvalue weighted by atomic mass is 10.0. The Balaban J connectivity index is 1.31. The van der Waals surface area contributed by atoms with Gasteiger partial charge in [0.25, 0.3) is 0 Å². The van der Waals surface area contributed by atoms with Crippen LogP contribution in [0.5, 0.6) is 5.75 Å². The van der Waals surface area contributed by atoms with Crippen molar-refractivity contribution in [3.63, 3.8) is 0 Å². The summed E-state index contributed by atoms with van der Waals surface area (Å²) in [7, 11) is 0. The number of aliphatic carboxylic acids is 1. The van der Waals surface area contributed by atoms with Gasteiger partial charge >= 0.3 is 5.97 Å². The van der Waals surface area contributed by atoms with E-state index in [4.69, 9.17) is 16.3 Å². The highest BCUT2D eigenvalue weighted by molar-refractivity contribution is 6.30. The molecule has 1 fully saturated rings. The Morgan fingerprint density at radius 2 is 1.48 bits per heavy atom. The SMILES string of the molecule is CC(C)(C(=O)O)N1CCN(CCCCCOc2ccc(C(=O)c3ccc(Cl)cc3)cc2)CC1. The summed E-state index contributed by atoms with van der Waals surface area (Å²) in [6.07, 6.45) is 3.14. The standard InChI is InChI=1S/C26H33ClN2O4/c1-26(2,25(31)32)29-17-15-28(16-18-29)14-4-3-5-19-33-23-12-8-21(9-13-23)24(30)20-6-10-22(27)11-7-20/h6-13H,3-5,14-19H2,1-2H3,(H,31,32). The quantitative estimate of drug-likeness (QED) is 0.380. The number of ether oxygens (including phenoxy) is 1. The van der Waals surface area contributed by atoms with Gasteiger partial charge in [0.1, 0.15) is 11.3 Å². The summed E-state index contributed by atoms with van der Waals surface area (Å²) in [4.78, 5) is 28.4. The van der Waals surface area contributed by atoms with Crippen LogP contribution in [0.3, 0.4) is 0 Å². The maximum absolute atomic E-state index is 12.5. The number of piperazine rings is 1. The van der Waals surface area contributed by atoms with Gasteiger partial charge < -0.3 is 14.7 Å². The van der Waals surface area contributed by atoms with Crippen LogP contribution in [-0.4, -0.2) is 71.5 Å². The molecule has 1 saturated heterocycles. The molecule has 0 saturated carbocycles. The Kier molecular flexibility index (Phi) is 8.89. The van der Waals surface area contributed by atoms with Crippen LogP contribution in [0.2, 0.25) is 5.02 Å². The molecule has 0 bridgehead atoms. The maximum Gasteiger partial charge on any atom is 0.323 e. The smallest absolute Gasteiger partial charge is 0.323 e. The third kappa shape index (κ3) is 7.03. The van der Waals surface area contributed by atoms with E-state index in [0.29, 0.717) is 22.8 Å². The fraction of sp³-hybridized carbons (Fsp3) is 0.462. The summed E-state index contributed by atoms with van der Waals surface area (Å²) < 4.78 is 5.82. The predicted octanol–water partition coefficient (Wildman–Crippen LogP) is 4.60. The molecule has 0 atom stereocenters. The van der Waals surface area contributed by atoms with E-state index in [2.05, 4.69) is 4.90 Å². The summed E-state index contributed by atoms with van der Waals surface area (Å²) >= 11 is 5.88. The zero-order chi connectivity index (χ0) is 23.8. The largest absolute Gasteiger partial charge is 0.494 e. The number of benzene rings is 2. The van der Waals surface area contributed by atoms with E-state index in [1.54, 1.807) is 50.2 Å². The molecule has 2 aromatic rings. The van der Waals surface area contributed by atoms with E-state index < -0.39 is 11.5 Å². The Hall–Kier alpha value is -2.41. The average molecular weight is 473 g/mol. The van der Waals surface area contributed by atoms with Gasteiger partial charge in [0.05, 0.1) is 6.61 Å². The van der Waals surface area contributed by atoms with Crippen LogP contribution in [0, 0.1) is 0 Å². The van der Waals surface area contributed by atoms with Crippen molar-refractivity contribution < 1.29 is 19.4 Å². The summed E-state index contributed by atoms with van der Waals surface area (Å²) in [5.74, 6) is -0.0378. The number of hydrogen-bond acceptors (Lipinski definition) is 5. The number of carboxylic acid groups (broad SMARTS) is 1. The predicted molar refractivity (Wildman–Crippen MR) is 130 cm³/mol. The first kappa shape index (κ1) is 25.2. The van der Waals surface area contributed by atoms with Gasteiger partial charge in [0.15, 0.2) is 5.78 Å². The number of unbranched alkanes of at least 4 members (excludes halogenated alkanes) is 2. The molecule has 1 N–H and O–H groups in total. The Bertz CT molecular complexity index is 920. The van der Waals surface area contributed by atoms with Crippen LogP contribution in [0.15, 0.2) is 48.5 Å². The molecule has 1 aliphatic rings. The minimum absolute atomic E-state index is 0.0365. The average Bonchev–Trinajstić information content (AvgIpc) is 2.82. The molecule has 0 aromatic heterocycles. The summed E-state index contributed by atoms with van der Waals surface area (Å²) in [6.45, 7) is 8.63. The molecular formula is C26H33ClN2O4. The van der Waals surface area contributed by atoms with Gasteiger partial charge in [-0.3, -0.25) is 14.5 Å². The lowest BCUT2D eigenvalue weighted by molar-refractivity contribution is -0.150. The number of hydrogen-bond donors (Lipinski definition) is 1. The Morgan fingerprint density at radius 3 is 2.06 bits per heavy atom. The van der Waals surface area contributed by atoms with E-state index in [1.807, 2.05) is 17.0 Å². The van der Waals surface area contributed by atoms with Crippen molar-refractivity contribution in [1.29, 1.82) is 0 Å². The molecule has 2 aromatic carbocycles. The van der Waals surface area contributed by atoms with Crippen molar-refractivity contribution >= 4 is 23.4 Å². The van der Waals surface area contributed by atoms with Crippen LogP contribution in [0.4, 0.5) is 0 Å². The summed E-state index contributed by atoms with van der Waals surface area (Å²) in [6, 6.07) is 14.1. The fourth-order valence-electron chi connectivity index (χ4n) is 3.94. The highest BCUT2D eigenvalue weighted by Gasteiger charge is 2.36. The first-order valence-electron chi connectivity index (χ1n) is 11.5. The number of halogens is 1. The van der Waals surface area contributed by atoms with E-state index in [9.17, 15) is 14.7 Å². The topological polar surface area (TPSA) is 70.1 Å². The second-order valence-electron chi connectivity index (χ2n) is 8.96. The molecule has 0 spiro atoms. The third-order valence-electron chi connectivity index (χ3n) is 6.30. The molecule has 1 heterocycles. The number of nitrogens with zero attached hydrogens (tertiary/aromatic N) is 2. The molecule has 6 nitrogen and oxygen atoms in total. The molecule has 0 unspecified atom stereocenters. The van der Waals surface area contributed by atoms with E-state index in [1.165, 1.54) is 0 Å².